The van der Waals surface area contributed by atoms with Gasteiger partial charge in [-0.2, -0.15) is 0 Å². The Balaban J connectivity index is 2.64. The second-order valence-electron chi connectivity index (χ2n) is 4.77. The summed E-state index contributed by atoms with van der Waals surface area (Å²) in [6.07, 6.45) is 3.03. The largest absolute Gasteiger partial charge is 0.108 e. The minimum Gasteiger partial charge on any atom is -0.103 e. The zero-order valence-electron chi connectivity index (χ0n) is 9.80. The molecule has 0 radical (unpaired) electrons. The highest BCUT2D eigenvalue weighted by Crippen LogP contribution is 2.34. The van der Waals surface area contributed by atoms with Gasteiger partial charge in [0.25, 0.3) is 0 Å². The number of benzene rings is 1. The van der Waals surface area contributed by atoms with Gasteiger partial charge < -0.3 is 0 Å². The van der Waals surface area contributed by atoms with Crippen LogP contribution in [0.3, 0.4) is 0 Å². The van der Waals surface area contributed by atoms with Gasteiger partial charge in [-0.1, -0.05) is 48.6 Å². The molecule has 1 heterocycles. The van der Waals surface area contributed by atoms with Gasteiger partial charge in [-0.05, 0) is 29.7 Å². The molecule has 0 aromatic heterocycles. The summed E-state index contributed by atoms with van der Waals surface area (Å²) in [6, 6.07) is 8.88. The Hall–Kier alpha value is -1.08. The summed E-state index contributed by atoms with van der Waals surface area (Å²) in [5, 5.41) is 3.22. The van der Waals surface area contributed by atoms with Crippen molar-refractivity contribution in [2.45, 2.75) is 26.4 Å². The molecule has 1 heteroatoms. The van der Waals surface area contributed by atoms with Crippen LogP contribution in [-0.2, 0) is 0 Å². The van der Waals surface area contributed by atoms with Gasteiger partial charge in [-0.15, -0.1) is 6.58 Å². The van der Waals surface area contributed by atoms with Crippen LogP contribution in [0.5, 0.6) is 0 Å². The molecule has 0 N–H and O–H groups in total. The maximum atomic E-state index is 3.86. The lowest BCUT2D eigenvalue weighted by molar-refractivity contribution is 1.39. The number of fused-ring (bicyclic) bond motifs is 1. The van der Waals surface area contributed by atoms with Crippen molar-refractivity contribution in [2.75, 3.05) is 0 Å². The van der Waals surface area contributed by atoms with Gasteiger partial charge in [0.2, 0.25) is 0 Å². The first-order valence-electron chi connectivity index (χ1n) is 5.50. The Kier molecular flexibility index (Phi) is 2.43. The average molecular weight is 214 g/mol. The first-order chi connectivity index (χ1) is 7.09. The van der Waals surface area contributed by atoms with Crippen LogP contribution in [0.2, 0.25) is 13.1 Å². The third kappa shape index (κ3) is 1.42. The SMILES string of the molecule is C=CCC1=C(C)[Si](C)(C)c2ccccc21. The van der Waals surface area contributed by atoms with Crippen LogP contribution >= 0.6 is 0 Å². The highest BCUT2D eigenvalue weighted by atomic mass is 28.3. The molecule has 0 saturated heterocycles. The molecule has 0 nitrogen and oxygen atoms in total. The molecule has 0 spiro atoms. The first kappa shape index (κ1) is 10.4. The zero-order valence-corrected chi connectivity index (χ0v) is 10.8. The number of allylic oxidation sites excluding steroid dienone is 3. The molecule has 0 amide bonds. The molecular formula is C14H18Si. The van der Waals surface area contributed by atoms with Gasteiger partial charge in [0, 0.05) is 0 Å². The van der Waals surface area contributed by atoms with Crippen molar-refractivity contribution >= 4 is 18.8 Å². The van der Waals surface area contributed by atoms with E-state index in [1.165, 1.54) is 11.1 Å². The second kappa shape index (κ2) is 3.49. The van der Waals surface area contributed by atoms with Gasteiger partial charge in [-0.25, -0.2) is 0 Å². The van der Waals surface area contributed by atoms with E-state index < -0.39 is 8.07 Å². The van der Waals surface area contributed by atoms with Crippen LogP contribution in [-0.4, -0.2) is 8.07 Å². The zero-order chi connectivity index (χ0) is 11.1. The molecule has 0 saturated carbocycles. The van der Waals surface area contributed by atoms with Gasteiger partial charge >= 0.3 is 0 Å². The number of rotatable bonds is 2. The molecule has 0 aliphatic carbocycles. The van der Waals surface area contributed by atoms with E-state index in [1.54, 1.807) is 10.4 Å². The van der Waals surface area contributed by atoms with Crippen molar-refractivity contribution in [1.29, 1.82) is 0 Å². The standard InChI is InChI=1S/C14H18Si/c1-5-8-12-11(2)15(3,4)14-10-7-6-9-13(12)14/h5-7,9-10H,1,8H2,2-4H3. The molecule has 1 aliphatic rings. The van der Waals surface area contributed by atoms with E-state index >= 15 is 0 Å². The van der Waals surface area contributed by atoms with Crippen molar-refractivity contribution in [3.05, 3.63) is 47.7 Å². The normalized spacial score (nSPS) is 17.8. The summed E-state index contributed by atoms with van der Waals surface area (Å²) in [4.78, 5) is 0. The third-order valence-corrected chi connectivity index (χ3v) is 7.62. The monoisotopic (exact) mass is 214 g/mol. The molecule has 1 aromatic rings. The minimum atomic E-state index is -1.33. The Bertz CT molecular complexity index is 438. The van der Waals surface area contributed by atoms with E-state index in [2.05, 4.69) is 50.9 Å². The van der Waals surface area contributed by atoms with Gasteiger partial charge in [0.05, 0.1) is 0 Å². The van der Waals surface area contributed by atoms with E-state index in [1.807, 2.05) is 6.08 Å². The molecule has 1 aliphatic heterocycles. The van der Waals surface area contributed by atoms with Crippen LogP contribution in [0.15, 0.2) is 42.1 Å². The molecule has 0 bridgehead atoms. The van der Waals surface area contributed by atoms with Gasteiger partial charge in [-0.3, -0.25) is 0 Å². The van der Waals surface area contributed by atoms with E-state index in [0.29, 0.717) is 0 Å². The van der Waals surface area contributed by atoms with Crippen molar-refractivity contribution in [2.24, 2.45) is 0 Å². The Morgan fingerprint density at radius 2 is 1.93 bits per heavy atom. The van der Waals surface area contributed by atoms with Gasteiger partial charge in [0.15, 0.2) is 0 Å². The maximum absolute atomic E-state index is 3.86. The van der Waals surface area contributed by atoms with Crippen molar-refractivity contribution in [1.82, 2.24) is 0 Å². The van der Waals surface area contributed by atoms with Crippen molar-refractivity contribution in [3.63, 3.8) is 0 Å². The Morgan fingerprint density at radius 3 is 2.60 bits per heavy atom. The van der Waals surface area contributed by atoms with Crippen molar-refractivity contribution < 1.29 is 0 Å². The summed E-state index contributed by atoms with van der Waals surface area (Å²) < 4.78 is 0. The lowest BCUT2D eigenvalue weighted by Gasteiger charge is -2.19. The lowest BCUT2D eigenvalue weighted by atomic mass is 10.0. The van der Waals surface area contributed by atoms with Crippen LogP contribution < -0.4 is 5.19 Å². The summed E-state index contributed by atoms with van der Waals surface area (Å²) in [5.74, 6) is 0. The first-order valence-corrected chi connectivity index (χ1v) is 8.50. The fourth-order valence-corrected chi connectivity index (χ4v) is 5.30. The highest BCUT2D eigenvalue weighted by molar-refractivity contribution is 6.98. The van der Waals surface area contributed by atoms with Crippen LogP contribution in [0.4, 0.5) is 0 Å². The van der Waals surface area contributed by atoms with Crippen LogP contribution in [0.25, 0.3) is 5.57 Å². The molecule has 0 unspecified atom stereocenters. The Morgan fingerprint density at radius 1 is 1.27 bits per heavy atom. The summed E-state index contributed by atoms with van der Waals surface area (Å²) >= 11 is 0. The predicted molar refractivity (Wildman–Crippen MR) is 71.0 cm³/mol. The topological polar surface area (TPSA) is 0 Å². The fourth-order valence-electron chi connectivity index (χ4n) is 2.48. The van der Waals surface area contributed by atoms with E-state index in [0.717, 1.165) is 6.42 Å². The smallest absolute Gasteiger partial charge is 0.103 e. The van der Waals surface area contributed by atoms with E-state index in [4.69, 9.17) is 0 Å². The Labute approximate surface area is 93.3 Å². The van der Waals surface area contributed by atoms with E-state index in [9.17, 15) is 0 Å². The predicted octanol–water partition coefficient (Wildman–Crippen LogP) is 3.50. The summed E-state index contributed by atoms with van der Waals surface area (Å²) in [7, 11) is -1.33. The minimum absolute atomic E-state index is 1.01. The van der Waals surface area contributed by atoms with Gasteiger partial charge in [0.1, 0.15) is 8.07 Å². The van der Waals surface area contributed by atoms with Crippen molar-refractivity contribution in [3.8, 4) is 0 Å². The highest BCUT2D eigenvalue weighted by Gasteiger charge is 2.35. The quantitative estimate of drug-likeness (QED) is 0.522. The molecule has 2 rings (SSSR count). The average Bonchev–Trinajstić information content (AvgIpc) is 2.42. The number of hydrogen-bond acceptors (Lipinski definition) is 0. The lowest BCUT2D eigenvalue weighted by Crippen LogP contribution is -2.40. The number of hydrogen-bond donors (Lipinski definition) is 0. The summed E-state index contributed by atoms with van der Waals surface area (Å²) in [6.45, 7) is 11.1. The van der Waals surface area contributed by atoms with Crippen LogP contribution in [0.1, 0.15) is 18.9 Å². The molecule has 15 heavy (non-hydrogen) atoms. The third-order valence-electron chi connectivity index (χ3n) is 3.66. The fraction of sp³-hybridized carbons (Fsp3) is 0.286. The molecular weight excluding hydrogens is 196 g/mol. The summed E-state index contributed by atoms with van der Waals surface area (Å²) in [5.41, 5.74) is 3.00. The molecule has 1 aromatic carbocycles. The molecule has 78 valence electrons. The maximum Gasteiger partial charge on any atom is 0.108 e. The van der Waals surface area contributed by atoms with Crippen LogP contribution in [0, 0.1) is 0 Å². The molecule has 0 atom stereocenters. The molecule has 0 fully saturated rings. The van der Waals surface area contributed by atoms with E-state index in [-0.39, 0.29) is 0 Å². The second-order valence-corrected chi connectivity index (χ2v) is 9.31.